The van der Waals surface area contributed by atoms with Gasteiger partial charge in [0, 0.05) is 17.3 Å². The Morgan fingerprint density at radius 3 is 2.35 bits per heavy atom. The SMILES string of the molecule is CCCOc1ccc(-c2nn(-c3ccccc3)cc2C=c2sc3n(c2=O)C(c2ccc(C(=O)OC)cc2)C(C(=O)OC)=C(C)N=3)cc1C. The number of aryl methyl sites for hydroxylation is 1. The Balaban J connectivity index is 1.52. The summed E-state index contributed by atoms with van der Waals surface area (Å²) in [4.78, 5) is 44.6. The molecule has 48 heavy (non-hydrogen) atoms. The van der Waals surface area contributed by atoms with Crippen molar-refractivity contribution in [1.29, 1.82) is 0 Å². The number of ether oxygens (including phenoxy) is 3. The molecule has 3 heterocycles. The number of methoxy groups -OCH3 is 2. The molecule has 0 spiro atoms. The summed E-state index contributed by atoms with van der Waals surface area (Å²) in [5.41, 5.74) is 5.45. The molecule has 3 aromatic carbocycles. The van der Waals surface area contributed by atoms with Gasteiger partial charge in [0.25, 0.3) is 5.56 Å². The van der Waals surface area contributed by atoms with Crippen LogP contribution in [0.2, 0.25) is 0 Å². The summed E-state index contributed by atoms with van der Waals surface area (Å²) in [5, 5.41) is 4.95. The van der Waals surface area contributed by atoms with Gasteiger partial charge in [-0.15, -0.1) is 0 Å². The number of thiazole rings is 1. The maximum absolute atomic E-state index is 14.3. The van der Waals surface area contributed by atoms with Crippen molar-refractivity contribution >= 4 is 29.4 Å². The van der Waals surface area contributed by atoms with Crippen molar-refractivity contribution in [3.05, 3.63) is 132 Å². The third-order valence-corrected chi connectivity index (χ3v) is 9.02. The maximum atomic E-state index is 14.3. The van der Waals surface area contributed by atoms with Gasteiger partial charge in [0.15, 0.2) is 4.80 Å². The number of carbonyl (C=O) groups is 2. The zero-order valence-electron chi connectivity index (χ0n) is 27.2. The van der Waals surface area contributed by atoms with Gasteiger partial charge in [-0.05, 0) is 79.9 Å². The standard InChI is InChI=1S/C37H34N4O6S/c1-6-18-47-29-17-16-26(19-22(29)2)32-27(21-40(39-32)28-10-8-7-9-11-28)20-30-34(42)41-33(24-12-14-25(15-13-24)35(43)45-4)31(36(44)46-5)23(3)38-37(41)48-30/h7-17,19-21,33H,6,18H2,1-5H3. The molecule has 5 aromatic rings. The highest BCUT2D eigenvalue weighted by Gasteiger charge is 2.33. The third-order valence-electron chi connectivity index (χ3n) is 8.03. The number of benzene rings is 3. The summed E-state index contributed by atoms with van der Waals surface area (Å²) in [7, 11) is 2.60. The molecule has 0 N–H and O–H groups in total. The summed E-state index contributed by atoms with van der Waals surface area (Å²) >= 11 is 1.23. The summed E-state index contributed by atoms with van der Waals surface area (Å²) < 4.78 is 19.6. The lowest BCUT2D eigenvalue weighted by molar-refractivity contribution is -0.136. The van der Waals surface area contributed by atoms with Gasteiger partial charge in [-0.2, -0.15) is 5.10 Å². The Morgan fingerprint density at radius 2 is 1.69 bits per heavy atom. The minimum Gasteiger partial charge on any atom is -0.493 e. The monoisotopic (exact) mass is 662 g/mol. The van der Waals surface area contributed by atoms with E-state index in [0.29, 0.717) is 38.5 Å². The van der Waals surface area contributed by atoms with Crippen LogP contribution in [0.15, 0.2) is 100 Å². The highest BCUT2D eigenvalue weighted by atomic mass is 32.1. The van der Waals surface area contributed by atoms with Crippen LogP contribution in [0.1, 0.15) is 53.4 Å². The average Bonchev–Trinajstić information content (AvgIpc) is 3.67. The van der Waals surface area contributed by atoms with E-state index in [4.69, 9.17) is 19.3 Å². The van der Waals surface area contributed by atoms with E-state index in [0.717, 1.165) is 34.5 Å². The van der Waals surface area contributed by atoms with Gasteiger partial charge in [0.2, 0.25) is 0 Å². The second-order valence-corrected chi connectivity index (χ2v) is 12.2. The fourth-order valence-corrected chi connectivity index (χ4v) is 6.71. The summed E-state index contributed by atoms with van der Waals surface area (Å²) in [5.74, 6) is -0.273. The summed E-state index contributed by atoms with van der Waals surface area (Å²) in [6.07, 6.45) is 4.62. The Bertz CT molecular complexity index is 2230. The Kier molecular flexibility index (Phi) is 9.22. The molecule has 0 amide bonds. The fraction of sp³-hybridized carbons (Fsp3) is 0.216. The number of hydrogen-bond donors (Lipinski definition) is 0. The van der Waals surface area contributed by atoms with Crippen molar-refractivity contribution in [3.63, 3.8) is 0 Å². The van der Waals surface area contributed by atoms with Crippen LogP contribution in [0.5, 0.6) is 5.75 Å². The first-order valence-electron chi connectivity index (χ1n) is 15.4. The normalized spacial score (nSPS) is 14.4. The largest absolute Gasteiger partial charge is 0.493 e. The third kappa shape index (κ3) is 6.12. The van der Waals surface area contributed by atoms with E-state index in [1.165, 1.54) is 30.1 Å². The molecule has 1 aliphatic rings. The molecule has 244 valence electrons. The second-order valence-electron chi connectivity index (χ2n) is 11.2. The van der Waals surface area contributed by atoms with E-state index in [1.807, 2.05) is 67.7 Å². The first-order valence-corrected chi connectivity index (χ1v) is 16.2. The van der Waals surface area contributed by atoms with Crippen molar-refractivity contribution in [2.45, 2.75) is 33.2 Å². The topological polar surface area (TPSA) is 114 Å². The van der Waals surface area contributed by atoms with E-state index in [2.05, 4.69) is 11.9 Å². The second kappa shape index (κ2) is 13.7. The van der Waals surface area contributed by atoms with Gasteiger partial charge in [0.1, 0.15) is 11.4 Å². The van der Waals surface area contributed by atoms with Crippen LogP contribution in [0.4, 0.5) is 0 Å². The number of fused-ring (bicyclic) bond motifs is 1. The molecule has 0 aliphatic carbocycles. The highest BCUT2D eigenvalue weighted by Crippen LogP contribution is 2.32. The first-order chi connectivity index (χ1) is 23.2. The van der Waals surface area contributed by atoms with Gasteiger partial charge in [-0.3, -0.25) is 9.36 Å². The van der Waals surface area contributed by atoms with E-state index < -0.39 is 18.0 Å². The van der Waals surface area contributed by atoms with E-state index in [9.17, 15) is 14.4 Å². The van der Waals surface area contributed by atoms with Gasteiger partial charge in [0.05, 0.1) is 53.9 Å². The zero-order chi connectivity index (χ0) is 33.9. The molecule has 10 nitrogen and oxygen atoms in total. The molecule has 2 aromatic heterocycles. The number of esters is 2. The van der Waals surface area contributed by atoms with Crippen molar-refractivity contribution in [1.82, 2.24) is 14.3 Å². The van der Waals surface area contributed by atoms with Crippen LogP contribution >= 0.6 is 11.3 Å². The zero-order valence-corrected chi connectivity index (χ0v) is 28.0. The Hall–Kier alpha value is -5.55. The smallest absolute Gasteiger partial charge is 0.338 e. The minimum atomic E-state index is -0.827. The molecule has 0 saturated carbocycles. The molecule has 1 unspecified atom stereocenters. The van der Waals surface area contributed by atoms with Crippen LogP contribution in [-0.2, 0) is 14.3 Å². The number of carbonyl (C=O) groups excluding carboxylic acids is 2. The molecule has 0 radical (unpaired) electrons. The van der Waals surface area contributed by atoms with Gasteiger partial charge in [-0.1, -0.05) is 48.6 Å². The molecule has 1 atom stereocenters. The van der Waals surface area contributed by atoms with Crippen molar-refractivity contribution < 1.29 is 23.8 Å². The number of rotatable bonds is 9. The fourth-order valence-electron chi connectivity index (χ4n) is 5.67. The molecule has 0 saturated heterocycles. The van der Waals surface area contributed by atoms with Crippen molar-refractivity contribution in [3.8, 4) is 22.7 Å². The lowest BCUT2D eigenvalue weighted by Gasteiger charge is -2.24. The molecular weight excluding hydrogens is 628 g/mol. The predicted molar refractivity (Wildman–Crippen MR) is 183 cm³/mol. The summed E-state index contributed by atoms with van der Waals surface area (Å²) in [6.45, 7) is 6.41. The van der Waals surface area contributed by atoms with Crippen LogP contribution in [-0.4, -0.2) is 47.1 Å². The van der Waals surface area contributed by atoms with Crippen LogP contribution in [0.25, 0.3) is 23.0 Å². The van der Waals surface area contributed by atoms with Crippen molar-refractivity contribution in [2.24, 2.45) is 4.99 Å². The predicted octanol–water partition coefficient (Wildman–Crippen LogP) is 5.14. The first kappa shape index (κ1) is 32.4. The summed E-state index contributed by atoms with van der Waals surface area (Å²) in [6, 6.07) is 21.5. The van der Waals surface area contributed by atoms with Crippen LogP contribution in [0, 0.1) is 6.92 Å². The molecule has 0 bridgehead atoms. The lowest BCUT2D eigenvalue weighted by atomic mass is 9.95. The molecule has 6 rings (SSSR count). The molecular formula is C37H34N4O6S. The van der Waals surface area contributed by atoms with E-state index in [1.54, 1.807) is 35.9 Å². The average molecular weight is 663 g/mol. The van der Waals surface area contributed by atoms with Crippen LogP contribution in [0.3, 0.4) is 0 Å². The van der Waals surface area contributed by atoms with E-state index >= 15 is 0 Å². The maximum Gasteiger partial charge on any atom is 0.338 e. The molecule has 1 aliphatic heterocycles. The van der Waals surface area contributed by atoms with Crippen LogP contribution < -0.4 is 19.6 Å². The van der Waals surface area contributed by atoms with Crippen molar-refractivity contribution in [2.75, 3.05) is 20.8 Å². The number of allylic oxidation sites excluding steroid dienone is 1. The highest BCUT2D eigenvalue weighted by molar-refractivity contribution is 7.07. The number of aromatic nitrogens is 3. The Morgan fingerprint density at radius 1 is 0.958 bits per heavy atom. The number of nitrogens with zero attached hydrogens (tertiary/aromatic N) is 4. The van der Waals surface area contributed by atoms with Gasteiger partial charge < -0.3 is 14.2 Å². The van der Waals surface area contributed by atoms with E-state index in [-0.39, 0.29) is 11.1 Å². The molecule has 11 heteroatoms. The lowest BCUT2D eigenvalue weighted by Crippen LogP contribution is -2.39. The van der Waals surface area contributed by atoms with Gasteiger partial charge in [-0.25, -0.2) is 19.3 Å². The quantitative estimate of drug-likeness (QED) is 0.201. The minimum absolute atomic E-state index is 0.237. The number of hydrogen-bond acceptors (Lipinski definition) is 9. The Labute approximate surface area is 280 Å². The van der Waals surface area contributed by atoms with Gasteiger partial charge >= 0.3 is 11.9 Å². The number of para-hydroxylation sites is 1. The molecule has 0 fully saturated rings.